The minimum atomic E-state index is -1.07. The number of fused-ring (bicyclic) bond motifs is 3. The number of carboxylic acid groups (broad SMARTS) is 1. The highest BCUT2D eigenvalue weighted by atomic mass is 32.1. The normalized spacial score (nSPS) is 13.1. The molecule has 4 aromatic rings. The third-order valence-electron chi connectivity index (χ3n) is 4.28. The predicted octanol–water partition coefficient (Wildman–Crippen LogP) is 2.32. The van der Waals surface area contributed by atoms with Crippen LogP contribution in [0.5, 0.6) is 11.5 Å². The molecule has 2 aromatic heterocycles. The maximum atomic E-state index is 12.8. The SMILES string of the molecule is COc1cc(/C=c2/sc3nc4ccccc4n3c2=O)ccc1OC(C)C(=O)O. The topological polar surface area (TPSA) is 90.1 Å². The summed E-state index contributed by atoms with van der Waals surface area (Å²) in [6, 6.07) is 12.6. The van der Waals surface area contributed by atoms with Gasteiger partial charge in [0.2, 0.25) is 0 Å². The monoisotopic (exact) mass is 396 g/mol. The number of aliphatic carboxylic acids is 1. The largest absolute Gasteiger partial charge is 0.493 e. The molecule has 0 aliphatic heterocycles. The molecule has 8 heteroatoms. The predicted molar refractivity (Wildman–Crippen MR) is 106 cm³/mol. The number of thiazole rings is 1. The zero-order valence-corrected chi connectivity index (χ0v) is 15.9. The number of nitrogens with zero attached hydrogens (tertiary/aromatic N) is 2. The summed E-state index contributed by atoms with van der Waals surface area (Å²) in [6.45, 7) is 1.44. The molecule has 4 rings (SSSR count). The van der Waals surface area contributed by atoms with Gasteiger partial charge in [0.05, 0.1) is 22.7 Å². The van der Waals surface area contributed by atoms with Crippen molar-refractivity contribution in [1.29, 1.82) is 0 Å². The Labute approximate surface area is 163 Å². The summed E-state index contributed by atoms with van der Waals surface area (Å²) in [5, 5.41) is 9.00. The minimum Gasteiger partial charge on any atom is -0.493 e. The molecule has 0 saturated carbocycles. The highest BCUT2D eigenvalue weighted by Gasteiger charge is 2.16. The summed E-state index contributed by atoms with van der Waals surface area (Å²) >= 11 is 1.31. The number of methoxy groups -OCH3 is 1. The van der Waals surface area contributed by atoms with Gasteiger partial charge in [-0.2, -0.15) is 0 Å². The molecule has 2 aromatic carbocycles. The number of aromatic nitrogens is 2. The van der Waals surface area contributed by atoms with Gasteiger partial charge in [-0.3, -0.25) is 4.79 Å². The van der Waals surface area contributed by atoms with E-state index in [9.17, 15) is 9.59 Å². The summed E-state index contributed by atoms with van der Waals surface area (Å²) in [7, 11) is 1.47. The summed E-state index contributed by atoms with van der Waals surface area (Å²) in [6.07, 6.45) is 0.749. The fourth-order valence-corrected chi connectivity index (χ4v) is 3.86. The van der Waals surface area contributed by atoms with Gasteiger partial charge in [-0.05, 0) is 42.8 Å². The zero-order chi connectivity index (χ0) is 19.8. The van der Waals surface area contributed by atoms with E-state index in [0.717, 1.165) is 16.6 Å². The highest BCUT2D eigenvalue weighted by Crippen LogP contribution is 2.29. The Bertz CT molecular complexity index is 1310. The molecule has 0 saturated heterocycles. The smallest absolute Gasteiger partial charge is 0.344 e. The number of rotatable bonds is 5. The maximum Gasteiger partial charge on any atom is 0.344 e. The van der Waals surface area contributed by atoms with Crippen molar-refractivity contribution in [3.63, 3.8) is 0 Å². The quantitative estimate of drug-likeness (QED) is 0.557. The Morgan fingerprint density at radius 3 is 2.79 bits per heavy atom. The number of benzene rings is 2. The van der Waals surface area contributed by atoms with Crippen LogP contribution in [0.2, 0.25) is 0 Å². The molecular formula is C20H16N2O5S. The van der Waals surface area contributed by atoms with Gasteiger partial charge in [0.1, 0.15) is 0 Å². The van der Waals surface area contributed by atoms with Crippen molar-refractivity contribution in [3.05, 3.63) is 62.9 Å². The third kappa shape index (κ3) is 3.07. The van der Waals surface area contributed by atoms with Crippen molar-refractivity contribution in [2.24, 2.45) is 0 Å². The molecular weight excluding hydrogens is 380 g/mol. The van der Waals surface area contributed by atoms with Crippen LogP contribution in [-0.2, 0) is 4.79 Å². The van der Waals surface area contributed by atoms with E-state index in [1.54, 1.807) is 28.7 Å². The van der Waals surface area contributed by atoms with E-state index in [-0.39, 0.29) is 5.56 Å². The maximum absolute atomic E-state index is 12.8. The van der Waals surface area contributed by atoms with Crippen LogP contribution in [0.3, 0.4) is 0 Å². The number of para-hydroxylation sites is 2. The van der Waals surface area contributed by atoms with Crippen molar-refractivity contribution in [2.75, 3.05) is 7.11 Å². The fourth-order valence-electron chi connectivity index (χ4n) is 2.88. The van der Waals surface area contributed by atoms with Crippen LogP contribution < -0.4 is 19.6 Å². The van der Waals surface area contributed by atoms with E-state index >= 15 is 0 Å². The Hall–Kier alpha value is -3.39. The van der Waals surface area contributed by atoms with E-state index in [4.69, 9.17) is 14.6 Å². The molecule has 0 bridgehead atoms. The zero-order valence-electron chi connectivity index (χ0n) is 15.1. The summed E-state index contributed by atoms with van der Waals surface area (Å²) in [5.41, 5.74) is 2.17. The van der Waals surface area contributed by atoms with Crippen LogP contribution in [-0.4, -0.2) is 33.7 Å². The van der Waals surface area contributed by atoms with Gasteiger partial charge < -0.3 is 14.6 Å². The lowest BCUT2D eigenvalue weighted by Gasteiger charge is -2.14. The first-order valence-electron chi connectivity index (χ1n) is 8.47. The van der Waals surface area contributed by atoms with Crippen LogP contribution in [0.4, 0.5) is 0 Å². The minimum absolute atomic E-state index is 0.132. The molecule has 1 unspecified atom stereocenters. The van der Waals surface area contributed by atoms with Gasteiger partial charge in [0.15, 0.2) is 22.6 Å². The van der Waals surface area contributed by atoms with Crippen molar-refractivity contribution in [2.45, 2.75) is 13.0 Å². The van der Waals surface area contributed by atoms with Crippen LogP contribution >= 0.6 is 11.3 Å². The number of imidazole rings is 1. The first kappa shape index (κ1) is 18.0. The Balaban J connectivity index is 1.77. The van der Waals surface area contributed by atoms with E-state index < -0.39 is 12.1 Å². The average molecular weight is 396 g/mol. The molecule has 1 atom stereocenters. The number of hydrogen-bond donors (Lipinski definition) is 1. The van der Waals surface area contributed by atoms with Gasteiger partial charge in [-0.15, -0.1) is 0 Å². The summed E-state index contributed by atoms with van der Waals surface area (Å²) in [5.74, 6) is -0.354. The molecule has 0 radical (unpaired) electrons. The first-order valence-corrected chi connectivity index (χ1v) is 9.29. The standard InChI is InChI=1S/C20H16N2O5S/c1-11(19(24)25)27-15-8-7-12(9-16(15)26-2)10-17-18(23)22-14-6-4-3-5-13(14)21-20(22)28-17/h3-11H,1-2H3,(H,24,25)/b17-10+. The molecule has 0 fully saturated rings. The van der Waals surface area contributed by atoms with Crippen molar-refractivity contribution >= 4 is 39.4 Å². The average Bonchev–Trinajstić information content (AvgIpc) is 3.19. The second kappa shape index (κ2) is 6.97. The molecule has 1 N–H and O–H groups in total. The first-order chi connectivity index (χ1) is 13.5. The Kier molecular flexibility index (Phi) is 4.48. The second-order valence-electron chi connectivity index (χ2n) is 6.14. The number of hydrogen-bond acceptors (Lipinski definition) is 6. The van der Waals surface area contributed by atoms with Gasteiger partial charge in [0, 0.05) is 0 Å². The van der Waals surface area contributed by atoms with Crippen LogP contribution in [0.15, 0.2) is 47.3 Å². The van der Waals surface area contributed by atoms with Crippen LogP contribution in [0.1, 0.15) is 12.5 Å². The molecule has 28 heavy (non-hydrogen) atoms. The molecule has 0 spiro atoms. The number of carboxylic acids is 1. The van der Waals surface area contributed by atoms with Crippen molar-refractivity contribution in [1.82, 2.24) is 9.38 Å². The molecule has 0 aliphatic rings. The summed E-state index contributed by atoms with van der Waals surface area (Å²) < 4.78 is 12.9. The number of carbonyl (C=O) groups is 1. The van der Waals surface area contributed by atoms with Gasteiger partial charge in [-0.1, -0.05) is 29.5 Å². The Morgan fingerprint density at radius 1 is 1.25 bits per heavy atom. The van der Waals surface area contributed by atoms with Crippen molar-refractivity contribution < 1.29 is 19.4 Å². The van der Waals surface area contributed by atoms with Crippen LogP contribution in [0.25, 0.3) is 22.1 Å². The molecule has 0 aliphatic carbocycles. The molecule has 0 amide bonds. The lowest BCUT2D eigenvalue weighted by Crippen LogP contribution is -2.23. The fraction of sp³-hybridized carbons (Fsp3) is 0.150. The summed E-state index contributed by atoms with van der Waals surface area (Å²) in [4.78, 5) is 29.0. The van der Waals surface area contributed by atoms with Gasteiger partial charge in [-0.25, -0.2) is 14.2 Å². The van der Waals surface area contributed by atoms with E-state index in [1.807, 2.05) is 24.3 Å². The Morgan fingerprint density at radius 2 is 2.04 bits per heavy atom. The molecule has 142 valence electrons. The van der Waals surface area contributed by atoms with E-state index in [0.29, 0.717) is 21.0 Å². The molecule has 2 heterocycles. The van der Waals surface area contributed by atoms with Crippen LogP contribution in [0, 0.1) is 0 Å². The van der Waals surface area contributed by atoms with Gasteiger partial charge in [0.25, 0.3) is 5.56 Å². The van der Waals surface area contributed by atoms with E-state index in [1.165, 1.54) is 25.4 Å². The molecule has 7 nitrogen and oxygen atoms in total. The lowest BCUT2D eigenvalue weighted by atomic mass is 10.2. The van der Waals surface area contributed by atoms with Crippen molar-refractivity contribution in [3.8, 4) is 11.5 Å². The second-order valence-corrected chi connectivity index (χ2v) is 7.15. The van der Waals surface area contributed by atoms with E-state index in [2.05, 4.69) is 4.98 Å². The highest BCUT2D eigenvalue weighted by molar-refractivity contribution is 7.15. The number of ether oxygens (including phenoxy) is 2. The third-order valence-corrected chi connectivity index (χ3v) is 5.25. The lowest BCUT2D eigenvalue weighted by molar-refractivity contribution is -0.144. The van der Waals surface area contributed by atoms with Gasteiger partial charge >= 0.3 is 5.97 Å².